The normalized spacial score (nSPS) is 23.9. The highest BCUT2D eigenvalue weighted by molar-refractivity contribution is 5.81. The van der Waals surface area contributed by atoms with E-state index < -0.39 is 0 Å². The first-order valence-corrected chi connectivity index (χ1v) is 12.0. The third-order valence-corrected chi connectivity index (χ3v) is 7.56. The lowest BCUT2D eigenvalue weighted by Crippen LogP contribution is -2.44. The molecule has 1 aromatic carbocycles. The minimum Gasteiger partial charge on any atom is -0.465 e. The fourth-order valence-corrected chi connectivity index (χ4v) is 5.80. The molecular weight excluding hydrogens is 372 g/mol. The predicted octanol–water partition coefficient (Wildman–Crippen LogP) is 5.60. The van der Waals surface area contributed by atoms with E-state index in [1.807, 2.05) is 0 Å². The number of nitrogens with zero attached hydrogens (tertiary/aromatic N) is 2. The summed E-state index contributed by atoms with van der Waals surface area (Å²) < 4.78 is 7.79. The van der Waals surface area contributed by atoms with Gasteiger partial charge in [0.05, 0.1) is 6.61 Å². The van der Waals surface area contributed by atoms with E-state index in [1.54, 1.807) is 0 Å². The molecule has 1 aromatic heterocycles. The van der Waals surface area contributed by atoms with E-state index in [0.717, 1.165) is 24.3 Å². The van der Waals surface area contributed by atoms with E-state index in [0.29, 0.717) is 12.6 Å². The summed E-state index contributed by atoms with van der Waals surface area (Å²) in [5.41, 5.74) is 2.62. The molecule has 4 heteroatoms. The lowest BCUT2D eigenvalue weighted by molar-refractivity contribution is -0.140. The second-order valence-corrected chi connectivity index (χ2v) is 9.73. The molecule has 4 nitrogen and oxygen atoms in total. The molecule has 0 spiro atoms. The summed E-state index contributed by atoms with van der Waals surface area (Å²) in [7, 11) is 0. The van der Waals surface area contributed by atoms with Gasteiger partial charge in [0.25, 0.3) is 0 Å². The maximum absolute atomic E-state index is 11.2. The number of piperidine rings is 1. The van der Waals surface area contributed by atoms with Gasteiger partial charge in [-0.05, 0) is 67.9 Å². The van der Waals surface area contributed by atoms with Crippen molar-refractivity contribution in [3.8, 4) is 0 Å². The fourth-order valence-electron chi connectivity index (χ4n) is 5.80. The van der Waals surface area contributed by atoms with E-state index in [9.17, 15) is 4.79 Å². The van der Waals surface area contributed by atoms with Gasteiger partial charge in [-0.3, -0.25) is 4.79 Å². The molecule has 1 saturated heterocycles. The van der Waals surface area contributed by atoms with E-state index in [2.05, 4.69) is 53.6 Å². The molecule has 0 atom stereocenters. The van der Waals surface area contributed by atoms with Gasteiger partial charge in [0.15, 0.2) is 0 Å². The zero-order valence-corrected chi connectivity index (χ0v) is 19.0. The highest BCUT2D eigenvalue weighted by atomic mass is 16.5. The number of aromatic nitrogens is 1. The van der Waals surface area contributed by atoms with Crippen molar-refractivity contribution in [2.75, 3.05) is 19.7 Å². The monoisotopic (exact) mass is 410 g/mol. The van der Waals surface area contributed by atoms with Crippen molar-refractivity contribution in [2.45, 2.75) is 77.8 Å². The largest absolute Gasteiger partial charge is 0.465 e. The molecule has 1 saturated carbocycles. The maximum Gasteiger partial charge on any atom is 0.302 e. The van der Waals surface area contributed by atoms with Crippen molar-refractivity contribution in [2.24, 2.45) is 11.8 Å². The van der Waals surface area contributed by atoms with Gasteiger partial charge in [-0.2, -0.15) is 0 Å². The Labute approximate surface area is 181 Å². The van der Waals surface area contributed by atoms with Crippen LogP contribution in [-0.2, 0) is 16.0 Å². The summed E-state index contributed by atoms with van der Waals surface area (Å²) in [6.07, 6.45) is 8.79. The predicted molar refractivity (Wildman–Crippen MR) is 123 cm³/mol. The quantitative estimate of drug-likeness (QED) is 0.582. The number of para-hydroxylation sites is 1. The average Bonchev–Trinajstić information content (AvgIpc) is 3.12. The molecule has 164 valence electrons. The van der Waals surface area contributed by atoms with Crippen LogP contribution >= 0.6 is 0 Å². The number of rotatable bonds is 6. The third kappa shape index (κ3) is 4.74. The van der Waals surface area contributed by atoms with Crippen molar-refractivity contribution in [3.63, 3.8) is 0 Å². The van der Waals surface area contributed by atoms with Crippen LogP contribution in [0.2, 0.25) is 0 Å². The number of hydrogen-bond acceptors (Lipinski definition) is 3. The number of ether oxygens (including phenoxy) is 1. The minimum absolute atomic E-state index is 0.196. The Morgan fingerprint density at radius 3 is 2.40 bits per heavy atom. The summed E-state index contributed by atoms with van der Waals surface area (Å²) in [4.78, 5) is 14.0. The third-order valence-electron chi connectivity index (χ3n) is 7.56. The van der Waals surface area contributed by atoms with Crippen LogP contribution in [0.3, 0.4) is 0 Å². The molecule has 2 aliphatic rings. The molecule has 4 rings (SSSR count). The van der Waals surface area contributed by atoms with E-state index in [-0.39, 0.29) is 5.97 Å². The maximum atomic E-state index is 11.2. The molecule has 2 fully saturated rings. The Morgan fingerprint density at radius 1 is 1.03 bits per heavy atom. The topological polar surface area (TPSA) is 34.5 Å². The molecule has 0 amide bonds. The average molecular weight is 411 g/mol. The van der Waals surface area contributed by atoms with Crippen LogP contribution in [0.15, 0.2) is 30.3 Å². The molecule has 0 bridgehead atoms. The van der Waals surface area contributed by atoms with Crippen molar-refractivity contribution >= 4 is 16.9 Å². The zero-order valence-electron chi connectivity index (χ0n) is 19.0. The van der Waals surface area contributed by atoms with Crippen molar-refractivity contribution in [3.05, 3.63) is 36.0 Å². The number of carbonyl (C=O) groups is 1. The molecule has 0 N–H and O–H groups in total. The van der Waals surface area contributed by atoms with E-state index >= 15 is 0 Å². The summed E-state index contributed by atoms with van der Waals surface area (Å²) in [6.45, 7) is 9.13. The second-order valence-electron chi connectivity index (χ2n) is 9.73. The number of benzene rings is 1. The van der Waals surface area contributed by atoms with Gasteiger partial charge in [0, 0.05) is 49.7 Å². The van der Waals surface area contributed by atoms with Crippen LogP contribution < -0.4 is 0 Å². The van der Waals surface area contributed by atoms with Gasteiger partial charge < -0.3 is 14.2 Å². The highest BCUT2D eigenvalue weighted by Gasteiger charge is 2.31. The van der Waals surface area contributed by atoms with Crippen molar-refractivity contribution in [1.82, 2.24) is 9.47 Å². The number of likely N-dealkylation sites (tertiary alicyclic amines) is 1. The first kappa shape index (κ1) is 21.4. The Hall–Kier alpha value is -1.81. The van der Waals surface area contributed by atoms with Crippen LogP contribution in [0.5, 0.6) is 0 Å². The number of esters is 1. The van der Waals surface area contributed by atoms with Gasteiger partial charge in [0.2, 0.25) is 0 Å². The molecule has 0 radical (unpaired) electrons. The smallest absolute Gasteiger partial charge is 0.302 e. The summed E-state index contributed by atoms with van der Waals surface area (Å²) in [5, 5.41) is 1.30. The van der Waals surface area contributed by atoms with Gasteiger partial charge >= 0.3 is 5.97 Å². The minimum atomic E-state index is -0.196. The first-order valence-electron chi connectivity index (χ1n) is 12.0. The molecule has 1 aliphatic carbocycles. The highest BCUT2D eigenvalue weighted by Crippen LogP contribution is 2.36. The number of carbonyl (C=O) groups excluding carboxylic acids is 1. The molecule has 2 heterocycles. The van der Waals surface area contributed by atoms with Gasteiger partial charge in [-0.25, -0.2) is 0 Å². The van der Waals surface area contributed by atoms with Gasteiger partial charge in [-0.1, -0.05) is 32.0 Å². The van der Waals surface area contributed by atoms with Crippen LogP contribution in [0, 0.1) is 11.8 Å². The molecule has 1 aliphatic heterocycles. The van der Waals surface area contributed by atoms with Crippen LogP contribution in [0.25, 0.3) is 10.9 Å². The van der Waals surface area contributed by atoms with E-state index in [1.165, 1.54) is 75.1 Å². The van der Waals surface area contributed by atoms with Crippen molar-refractivity contribution in [1.29, 1.82) is 0 Å². The summed E-state index contributed by atoms with van der Waals surface area (Å²) in [6, 6.07) is 12.3. The summed E-state index contributed by atoms with van der Waals surface area (Å²) >= 11 is 0. The van der Waals surface area contributed by atoms with Gasteiger partial charge in [0.1, 0.15) is 0 Å². The lowest BCUT2D eigenvalue weighted by atomic mass is 9.79. The summed E-state index contributed by atoms with van der Waals surface area (Å²) in [5.74, 6) is 1.58. The Morgan fingerprint density at radius 2 is 1.73 bits per heavy atom. The lowest BCUT2D eigenvalue weighted by Gasteiger charge is -2.42. The van der Waals surface area contributed by atoms with Crippen molar-refractivity contribution < 1.29 is 9.53 Å². The van der Waals surface area contributed by atoms with Crippen LogP contribution in [0.4, 0.5) is 0 Å². The van der Waals surface area contributed by atoms with Gasteiger partial charge in [-0.15, -0.1) is 0 Å². The Kier molecular flexibility index (Phi) is 6.82. The molecule has 0 unspecified atom stereocenters. The molecule has 2 aromatic rings. The molecule has 30 heavy (non-hydrogen) atoms. The standard InChI is InChI=1S/C26H38N2O2/c1-19(2)21-8-10-23(11-9-21)27-15-12-24(13-16-27)28-25(14-17-30-20(3)29)18-22-6-4-5-7-26(22)28/h4-7,18-19,21,23-24H,8-17H2,1-3H3/t21-,23+. The first-order chi connectivity index (χ1) is 14.5. The van der Waals surface area contributed by atoms with Crippen LogP contribution in [-0.4, -0.2) is 41.2 Å². The molecular formula is C26H38N2O2. The Bertz CT molecular complexity index is 840. The van der Waals surface area contributed by atoms with Crippen LogP contribution in [0.1, 0.15) is 71.0 Å². The zero-order chi connectivity index (χ0) is 21.1. The Balaban J connectivity index is 1.42. The van der Waals surface area contributed by atoms with E-state index in [4.69, 9.17) is 4.74 Å². The fraction of sp³-hybridized carbons (Fsp3) is 0.654. The second kappa shape index (κ2) is 9.55. The SMILES string of the molecule is CC(=O)OCCc1cc2ccccc2n1C1CCN([C@H]2CC[C@@H](C(C)C)CC2)CC1. The number of hydrogen-bond donors (Lipinski definition) is 0. The number of fused-ring (bicyclic) bond motifs is 1.